The van der Waals surface area contributed by atoms with Crippen molar-refractivity contribution < 1.29 is 23.8 Å². The number of carbonyl (C=O) groups is 1. The van der Waals surface area contributed by atoms with Crippen LogP contribution in [0.1, 0.15) is 30.4 Å². The van der Waals surface area contributed by atoms with Gasteiger partial charge in [0.15, 0.2) is 0 Å². The molecule has 1 N–H and O–H groups in total. The lowest BCUT2D eigenvalue weighted by atomic mass is 9.91. The highest BCUT2D eigenvalue weighted by atomic mass is 16.5. The van der Waals surface area contributed by atoms with Crippen LogP contribution in [0.4, 0.5) is 0 Å². The smallest absolute Gasteiger partial charge is 0.348 e. The second kappa shape index (κ2) is 12.6. The van der Waals surface area contributed by atoms with E-state index in [2.05, 4.69) is 24.3 Å². The summed E-state index contributed by atoms with van der Waals surface area (Å²) in [6.07, 6.45) is 1.16. The number of aryl methyl sites for hydroxylation is 1. The van der Waals surface area contributed by atoms with Gasteiger partial charge in [0.2, 0.25) is 11.5 Å². The lowest BCUT2D eigenvalue weighted by Crippen LogP contribution is -2.46. The Kier molecular flexibility index (Phi) is 8.49. The van der Waals surface area contributed by atoms with E-state index in [4.69, 9.17) is 18.9 Å². The van der Waals surface area contributed by atoms with Crippen LogP contribution < -0.4 is 9.47 Å². The van der Waals surface area contributed by atoms with E-state index in [1.807, 2.05) is 86.6 Å². The normalized spacial score (nSPS) is 12.4. The van der Waals surface area contributed by atoms with E-state index in [9.17, 15) is 9.90 Å². The second-order valence-electron chi connectivity index (χ2n) is 9.95. The zero-order chi connectivity index (χ0) is 28.7. The van der Waals surface area contributed by atoms with Gasteiger partial charge in [0.25, 0.3) is 0 Å². The molecule has 0 aliphatic carbocycles. The number of para-hydroxylation sites is 1. The molecule has 0 saturated carbocycles. The first-order chi connectivity index (χ1) is 20.0. The number of aliphatic carboxylic acids is 1. The van der Waals surface area contributed by atoms with Gasteiger partial charge in [-0.15, -0.1) is 0 Å². The van der Waals surface area contributed by atoms with Crippen molar-refractivity contribution in [3.63, 3.8) is 0 Å². The Morgan fingerprint density at radius 3 is 2.05 bits per heavy atom. The first kappa shape index (κ1) is 27.7. The Balaban J connectivity index is 1.18. The summed E-state index contributed by atoms with van der Waals surface area (Å²) in [7, 11) is 0. The van der Waals surface area contributed by atoms with Crippen LogP contribution in [-0.4, -0.2) is 28.3 Å². The van der Waals surface area contributed by atoms with Gasteiger partial charge < -0.3 is 19.0 Å². The van der Waals surface area contributed by atoms with Crippen molar-refractivity contribution in [2.45, 2.75) is 38.7 Å². The molecule has 6 heteroatoms. The molecule has 0 spiro atoms. The molecule has 0 radical (unpaired) electrons. The predicted molar refractivity (Wildman–Crippen MR) is 159 cm³/mol. The maximum atomic E-state index is 12.2. The third kappa shape index (κ3) is 6.67. The first-order valence-electron chi connectivity index (χ1n) is 13.8. The predicted octanol–water partition coefficient (Wildman–Crippen LogP) is 7.79. The monoisotopic (exact) mass is 547 g/mol. The number of ether oxygens (including phenoxy) is 2. The van der Waals surface area contributed by atoms with Crippen LogP contribution >= 0.6 is 0 Å². The number of carboxylic acid groups (broad SMARTS) is 1. The molecule has 208 valence electrons. The zero-order valence-electron chi connectivity index (χ0n) is 23.2. The Morgan fingerprint density at radius 2 is 1.41 bits per heavy atom. The number of benzene rings is 4. The van der Waals surface area contributed by atoms with Crippen molar-refractivity contribution in [2.75, 3.05) is 6.61 Å². The SMILES string of the molecule is CCC(Cc1ccc(OCCc2nc(-c3ccc(-c4ccccc4)cc3)oc2C)cc1)(Oc1ccccc1)C(=O)O. The second-order valence-corrected chi connectivity index (χ2v) is 9.95. The molecule has 5 rings (SSSR count). The number of aromatic nitrogens is 1. The van der Waals surface area contributed by atoms with Crippen LogP contribution in [0.3, 0.4) is 0 Å². The molecule has 6 nitrogen and oxygen atoms in total. The Bertz CT molecular complexity index is 1560. The lowest BCUT2D eigenvalue weighted by molar-refractivity contribution is -0.155. The third-order valence-corrected chi connectivity index (χ3v) is 7.17. The van der Waals surface area contributed by atoms with Gasteiger partial charge in [-0.1, -0.05) is 79.7 Å². The third-order valence-electron chi connectivity index (χ3n) is 7.17. The molecular formula is C35H33NO5. The Labute approximate surface area is 240 Å². The van der Waals surface area contributed by atoms with Gasteiger partial charge in [0.1, 0.15) is 17.3 Å². The molecule has 4 aromatic carbocycles. The van der Waals surface area contributed by atoms with Crippen molar-refractivity contribution in [1.82, 2.24) is 4.98 Å². The topological polar surface area (TPSA) is 81.8 Å². The maximum Gasteiger partial charge on any atom is 0.348 e. The van der Waals surface area contributed by atoms with E-state index in [0.29, 0.717) is 36.8 Å². The molecule has 0 saturated heterocycles. The Hall–Kier alpha value is -4.84. The number of hydrogen-bond acceptors (Lipinski definition) is 5. The summed E-state index contributed by atoms with van der Waals surface area (Å²) >= 11 is 0. The van der Waals surface area contributed by atoms with E-state index in [1.165, 1.54) is 5.56 Å². The maximum absolute atomic E-state index is 12.2. The van der Waals surface area contributed by atoms with Crippen molar-refractivity contribution in [3.8, 4) is 34.1 Å². The highest BCUT2D eigenvalue weighted by Gasteiger charge is 2.39. The molecule has 0 amide bonds. The summed E-state index contributed by atoms with van der Waals surface area (Å²) < 4.78 is 17.9. The average Bonchev–Trinajstić information content (AvgIpc) is 3.38. The molecule has 1 atom stereocenters. The van der Waals surface area contributed by atoms with Crippen LogP contribution in [0, 0.1) is 6.92 Å². The van der Waals surface area contributed by atoms with Crippen LogP contribution in [0.5, 0.6) is 11.5 Å². The van der Waals surface area contributed by atoms with Gasteiger partial charge in [-0.05, 0) is 66.4 Å². The standard InChI is InChI=1S/C35H33NO5/c1-3-35(34(37)38,41-31-12-8-5-9-13-31)24-26-14-20-30(21-15-26)39-23-22-32-25(2)40-33(36-32)29-18-16-28(17-19-29)27-10-6-4-7-11-27/h4-21H,3,22-24H2,1-2H3,(H,37,38). The molecule has 1 unspecified atom stereocenters. The van der Waals surface area contributed by atoms with Crippen LogP contribution in [0.25, 0.3) is 22.6 Å². The molecule has 0 aliphatic rings. The van der Waals surface area contributed by atoms with Gasteiger partial charge in [-0.3, -0.25) is 0 Å². The molecular weight excluding hydrogens is 514 g/mol. The van der Waals surface area contributed by atoms with Crippen LogP contribution in [0.2, 0.25) is 0 Å². The fourth-order valence-corrected chi connectivity index (χ4v) is 4.74. The molecule has 1 heterocycles. The quantitative estimate of drug-likeness (QED) is 0.172. The largest absolute Gasteiger partial charge is 0.493 e. The van der Waals surface area contributed by atoms with Crippen LogP contribution in [-0.2, 0) is 17.6 Å². The van der Waals surface area contributed by atoms with E-state index in [1.54, 1.807) is 12.1 Å². The number of nitrogens with zero attached hydrogens (tertiary/aromatic N) is 1. The highest BCUT2D eigenvalue weighted by molar-refractivity contribution is 5.78. The van der Waals surface area contributed by atoms with Gasteiger partial charge in [0, 0.05) is 18.4 Å². The number of hydrogen-bond donors (Lipinski definition) is 1. The number of oxazole rings is 1. The first-order valence-corrected chi connectivity index (χ1v) is 13.8. The van der Waals surface area contributed by atoms with E-state index in [-0.39, 0.29) is 6.42 Å². The average molecular weight is 548 g/mol. The van der Waals surface area contributed by atoms with E-state index in [0.717, 1.165) is 28.1 Å². The molecule has 0 aliphatic heterocycles. The minimum absolute atomic E-state index is 0.237. The summed E-state index contributed by atoms with van der Waals surface area (Å²) in [5.74, 6) is 1.62. The van der Waals surface area contributed by atoms with Gasteiger partial charge >= 0.3 is 5.97 Å². The summed E-state index contributed by atoms with van der Waals surface area (Å²) in [6, 6.07) is 35.0. The molecule has 1 aromatic heterocycles. The van der Waals surface area contributed by atoms with Gasteiger partial charge in [-0.2, -0.15) is 0 Å². The summed E-state index contributed by atoms with van der Waals surface area (Å²) in [6.45, 7) is 4.18. The zero-order valence-corrected chi connectivity index (χ0v) is 23.2. The molecule has 0 fully saturated rings. The summed E-state index contributed by atoms with van der Waals surface area (Å²) in [5.41, 5.74) is 3.60. The van der Waals surface area contributed by atoms with Gasteiger partial charge in [0.05, 0.1) is 12.3 Å². The molecule has 41 heavy (non-hydrogen) atoms. The van der Waals surface area contributed by atoms with E-state index < -0.39 is 11.6 Å². The Morgan fingerprint density at radius 1 is 0.805 bits per heavy atom. The van der Waals surface area contributed by atoms with Crippen molar-refractivity contribution in [2.24, 2.45) is 0 Å². The van der Waals surface area contributed by atoms with Crippen molar-refractivity contribution >= 4 is 5.97 Å². The highest BCUT2D eigenvalue weighted by Crippen LogP contribution is 2.28. The molecule has 5 aromatic rings. The van der Waals surface area contributed by atoms with Crippen molar-refractivity contribution in [3.05, 3.63) is 126 Å². The fraction of sp³-hybridized carbons (Fsp3) is 0.200. The number of rotatable bonds is 12. The van der Waals surface area contributed by atoms with Crippen LogP contribution in [0.15, 0.2) is 114 Å². The van der Waals surface area contributed by atoms with Crippen molar-refractivity contribution in [1.29, 1.82) is 0 Å². The fourth-order valence-electron chi connectivity index (χ4n) is 4.74. The van der Waals surface area contributed by atoms with E-state index >= 15 is 0 Å². The van der Waals surface area contributed by atoms with Gasteiger partial charge in [-0.25, -0.2) is 9.78 Å². The summed E-state index contributed by atoms with van der Waals surface area (Å²) in [4.78, 5) is 16.9. The minimum atomic E-state index is -1.35. The minimum Gasteiger partial charge on any atom is -0.493 e. The lowest BCUT2D eigenvalue weighted by Gasteiger charge is -2.29. The molecule has 0 bridgehead atoms. The number of carboxylic acids is 1. The summed E-state index contributed by atoms with van der Waals surface area (Å²) in [5, 5.41) is 10.0.